The highest BCUT2D eigenvalue weighted by Gasteiger charge is 2.45. The predicted octanol–water partition coefficient (Wildman–Crippen LogP) is 2.76. The number of hydrogen-bond acceptors (Lipinski definition) is 5. The lowest BCUT2D eigenvalue weighted by molar-refractivity contribution is -0.132. The fourth-order valence-corrected chi connectivity index (χ4v) is 4.46. The van der Waals surface area contributed by atoms with Crippen LogP contribution in [0.15, 0.2) is 36.5 Å². The zero-order valence-electron chi connectivity index (χ0n) is 18.9. The van der Waals surface area contributed by atoms with Crippen LogP contribution in [0.4, 0.5) is 4.39 Å². The Balaban J connectivity index is 1.41. The Labute approximate surface area is 191 Å². The maximum absolute atomic E-state index is 13.3. The van der Waals surface area contributed by atoms with Gasteiger partial charge in [0, 0.05) is 18.7 Å². The van der Waals surface area contributed by atoms with Crippen molar-refractivity contribution in [3.05, 3.63) is 53.6 Å². The first-order valence-electron chi connectivity index (χ1n) is 11.3. The number of ether oxygens (including phenoxy) is 1. The zero-order chi connectivity index (χ0) is 23.3. The van der Waals surface area contributed by atoms with Gasteiger partial charge in [-0.3, -0.25) is 9.59 Å². The number of halogens is 1. The van der Waals surface area contributed by atoms with Crippen molar-refractivity contribution in [2.24, 2.45) is 5.92 Å². The molecule has 0 saturated carbocycles. The van der Waals surface area contributed by atoms with Gasteiger partial charge in [0.15, 0.2) is 11.9 Å². The molecule has 0 radical (unpaired) electrons. The molecule has 172 valence electrons. The van der Waals surface area contributed by atoms with Gasteiger partial charge >= 0.3 is 0 Å². The van der Waals surface area contributed by atoms with Crippen LogP contribution in [-0.4, -0.2) is 68.2 Å². The maximum atomic E-state index is 13.3. The summed E-state index contributed by atoms with van der Waals surface area (Å²) < 4.78 is 20.9. The minimum Gasteiger partial charge on any atom is -0.343 e. The third kappa shape index (κ3) is 3.76. The smallest absolute Gasteiger partial charge is 0.274 e. The SMILES string of the molecule is CCc1cc(-c2ccc(F)cc2)nn2cc(C(=O)N3CCN4C(=O)[C@@H](C(C)C)O[C@H]4C3)nc12. The molecule has 2 aliphatic heterocycles. The van der Waals surface area contributed by atoms with E-state index in [9.17, 15) is 14.0 Å². The number of hydrogen-bond donors (Lipinski definition) is 0. The van der Waals surface area contributed by atoms with Crippen LogP contribution in [0.3, 0.4) is 0 Å². The molecular weight excluding hydrogens is 425 g/mol. The van der Waals surface area contributed by atoms with E-state index >= 15 is 0 Å². The first-order valence-corrected chi connectivity index (χ1v) is 11.3. The van der Waals surface area contributed by atoms with Gasteiger partial charge < -0.3 is 14.5 Å². The van der Waals surface area contributed by atoms with Crippen LogP contribution < -0.4 is 0 Å². The Morgan fingerprint density at radius 2 is 2.00 bits per heavy atom. The topological polar surface area (TPSA) is 80.0 Å². The van der Waals surface area contributed by atoms with E-state index in [-0.39, 0.29) is 23.5 Å². The van der Waals surface area contributed by atoms with Crippen LogP contribution >= 0.6 is 0 Å². The largest absolute Gasteiger partial charge is 0.343 e. The number of rotatable bonds is 4. The molecule has 0 unspecified atom stereocenters. The number of imidazole rings is 1. The van der Waals surface area contributed by atoms with E-state index in [1.165, 1.54) is 12.1 Å². The normalized spacial score (nSPS) is 20.7. The highest BCUT2D eigenvalue weighted by Crippen LogP contribution is 2.27. The maximum Gasteiger partial charge on any atom is 0.274 e. The monoisotopic (exact) mass is 451 g/mol. The summed E-state index contributed by atoms with van der Waals surface area (Å²) in [6.07, 6.45) is 1.46. The first kappa shape index (κ1) is 21.5. The summed E-state index contributed by atoms with van der Waals surface area (Å²) in [4.78, 5) is 33.8. The lowest BCUT2D eigenvalue weighted by atomic mass is 10.1. The lowest BCUT2D eigenvalue weighted by Gasteiger charge is -2.35. The van der Waals surface area contributed by atoms with Gasteiger partial charge in [0.25, 0.3) is 11.8 Å². The number of benzene rings is 1. The van der Waals surface area contributed by atoms with E-state index in [0.29, 0.717) is 43.1 Å². The summed E-state index contributed by atoms with van der Waals surface area (Å²) in [6.45, 7) is 7.12. The van der Waals surface area contributed by atoms with Gasteiger partial charge in [-0.1, -0.05) is 20.8 Å². The van der Waals surface area contributed by atoms with Gasteiger partial charge in [0.05, 0.1) is 18.4 Å². The molecule has 0 bridgehead atoms. The number of amides is 2. The van der Waals surface area contributed by atoms with Crippen LogP contribution in [0.5, 0.6) is 0 Å². The number of carbonyl (C=O) groups is 2. The average Bonchev–Trinajstić information content (AvgIpc) is 3.39. The molecule has 33 heavy (non-hydrogen) atoms. The van der Waals surface area contributed by atoms with Crippen molar-refractivity contribution in [1.82, 2.24) is 24.4 Å². The van der Waals surface area contributed by atoms with E-state index in [2.05, 4.69) is 10.1 Å². The Bertz CT molecular complexity index is 1220. The Morgan fingerprint density at radius 3 is 2.70 bits per heavy atom. The van der Waals surface area contributed by atoms with Crippen molar-refractivity contribution >= 4 is 17.5 Å². The van der Waals surface area contributed by atoms with Crippen LogP contribution in [-0.2, 0) is 16.0 Å². The summed E-state index contributed by atoms with van der Waals surface area (Å²) in [7, 11) is 0. The van der Waals surface area contributed by atoms with Gasteiger partial charge in [0.1, 0.15) is 17.6 Å². The van der Waals surface area contributed by atoms with Gasteiger partial charge in [-0.25, -0.2) is 13.9 Å². The molecule has 9 heteroatoms. The molecule has 1 aromatic carbocycles. The van der Waals surface area contributed by atoms with Crippen molar-refractivity contribution in [2.75, 3.05) is 19.6 Å². The standard InChI is InChI=1S/C24H26FN5O3/c1-4-15-11-18(16-5-7-17(25)8-6-16)27-30-12-19(26-22(15)30)23(31)28-9-10-29-20(13-28)33-21(14(2)3)24(29)32/h5-8,11-12,14,20-21H,4,9-10,13H2,1-3H3/t20-,21+/m0/s1. The Kier molecular flexibility index (Phi) is 5.36. The van der Waals surface area contributed by atoms with Crippen LogP contribution in [0.1, 0.15) is 36.8 Å². The molecule has 2 aliphatic rings. The van der Waals surface area contributed by atoms with Crippen molar-refractivity contribution in [2.45, 2.75) is 39.5 Å². The van der Waals surface area contributed by atoms with Crippen LogP contribution in [0.2, 0.25) is 0 Å². The molecule has 0 spiro atoms. The van der Waals surface area contributed by atoms with Crippen molar-refractivity contribution in [3.8, 4) is 11.3 Å². The second-order valence-electron chi connectivity index (χ2n) is 8.85. The molecule has 2 saturated heterocycles. The van der Waals surface area contributed by atoms with Crippen molar-refractivity contribution in [3.63, 3.8) is 0 Å². The molecule has 0 aliphatic carbocycles. The molecule has 5 rings (SSSR count). The number of aromatic nitrogens is 3. The van der Waals surface area contributed by atoms with E-state index in [4.69, 9.17) is 4.74 Å². The number of fused-ring (bicyclic) bond motifs is 2. The fraction of sp³-hybridized carbons (Fsp3) is 0.417. The Morgan fingerprint density at radius 1 is 1.24 bits per heavy atom. The fourth-order valence-electron chi connectivity index (χ4n) is 4.46. The Hall–Kier alpha value is -3.33. The van der Waals surface area contributed by atoms with E-state index in [0.717, 1.165) is 11.1 Å². The third-order valence-corrected chi connectivity index (χ3v) is 6.30. The van der Waals surface area contributed by atoms with Gasteiger partial charge in [-0.15, -0.1) is 0 Å². The first-order chi connectivity index (χ1) is 15.9. The molecule has 2 aromatic heterocycles. The summed E-state index contributed by atoms with van der Waals surface area (Å²) in [5, 5.41) is 4.61. The van der Waals surface area contributed by atoms with Crippen LogP contribution in [0.25, 0.3) is 16.9 Å². The highest BCUT2D eigenvalue weighted by molar-refractivity contribution is 5.93. The quantitative estimate of drug-likeness (QED) is 0.610. The molecule has 4 heterocycles. The molecule has 2 atom stereocenters. The zero-order valence-corrected chi connectivity index (χ0v) is 18.9. The summed E-state index contributed by atoms with van der Waals surface area (Å²) in [6, 6.07) is 8.08. The molecule has 3 aromatic rings. The average molecular weight is 452 g/mol. The highest BCUT2D eigenvalue weighted by atomic mass is 19.1. The summed E-state index contributed by atoms with van der Waals surface area (Å²) in [5.74, 6) is -0.437. The second kappa shape index (κ2) is 8.22. The molecule has 2 fully saturated rings. The minimum absolute atomic E-state index is 0.0000562. The van der Waals surface area contributed by atoms with Crippen molar-refractivity contribution < 1.29 is 18.7 Å². The lowest BCUT2D eigenvalue weighted by Crippen LogP contribution is -2.53. The van der Waals surface area contributed by atoms with Crippen LogP contribution in [0, 0.1) is 11.7 Å². The number of aryl methyl sites for hydroxylation is 1. The molecule has 0 N–H and O–H groups in total. The molecule has 2 amide bonds. The van der Waals surface area contributed by atoms with E-state index in [1.54, 1.807) is 32.6 Å². The minimum atomic E-state index is -0.457. The molecule has 8 nitrogen and oxygen atoms in total. The van der Waals surface area contributed by atoms with E-state index in [1.807, 2.05) is 26.8 Å². The van der Waals surface area contributed by atoms with Gasteiger partial charge in [0.2, 0.25) is 0 Å². The number of nitrogens with zero attached hydrogens (tertiary/aromatic N) is 5. The third-order valence-electron chi connectivity index (χ3n) is 6.30. The van der Waals surface area contributed by atoms with Crippen molar-refractivity contribution in [1.29, 1.82) is 0 Å². The predicted molar refractivity (Wildman–Crippen MR) is 119 cm³/mol. The van der Waals surface area contributed by atoms with Gasteiger partial charge in [-0.05, 0) is 48.2 Å². The summed E-state index contributed by atoms with van der Waals surface area (Å²) in [5.41, 5.74) is 3.33. The second-order valence-corrected chi connectivity index (χ2v) is 8.85. The number of carbonyl (C=O) groups excluding carboxylic acids is 2. The van der Waals surface area contributed by atoms with Gasteiger partial charge in [-0.2, -0.15) is 5.10 Å². The molecular formula is C24H26FN5O3. The number of piperazine rings is 1. The summed E-state index contributed by atoms with van der Waals surface area (Å²) >= 11 is 0. The van der Waals surface area contributed by atoms with E-state index < -0.39 is 12.3 Å².